The summed E-state index contributed by atoms with van der Waals surface area (Å²) in [4.78, 5) is 7.22. The smallest absolute Gasteiger partial charge is 0.0734 e. The molecule has 2 heterocycles. The summed E-state index contributed by atoms with van der Waals surface area (Å²) in [5, 5.41) is 0.0653. The van der Waals surface area contributed by atoms with Crippen molar-refractivity contribution in [3.05, 3.63) is 51.5 Å². The van der Waals surface area contributed by atoms with Crippen LogP contribution in [0.2, 0.25) is 0 Å². The van der Waals surface area contributed by atoms with Crippen LogP contribution in [0.25, 0.3) is 0 Å². The van der Waals surface area contributed by atoms with Crippen molar-refractivity contribution in [3.63, 3.8) is 0 Å². The van der Waals surface area contributed by atoms with Gasteiger partial charge in [0.1, 0.15) is 0 Å². The maximum absolute atomic E-state index is 6.53. The standard InChI is InChI=1S/C15H16ClNS/c16-13(10-12-6-3-4-8-17-12)15-9-11-5-1-2-7-14(11)18-15/h3-4,6,8-9,13H,1-2,5,7,10H2. The molecule has 1 atom stereocenters. The molecule has 0 saturated carbocycles. The second-order valence-electron chi connectivity index (χ2n) is 4.80. The quantitative estimate of drug-likeness (QED) is 0.751. The molecule has 1 unspecified atom stereocenters. The van der Waals surface area contributed by atoms with Crippen molar-refractivity contribution in [1.29, 1.82) is 0 Å². The third-order valence-electron chi connectivity index (χ3n) is 3.44. The van der Waals surface area contributed by atoms with Gasteiger partial charge in [0.05, 0.1) is 5.38 Å². The lowest BCUT2D eigenvalue weighted by atomic mass is 9.99. The van der Waals surface area contributed by atoms with E-state index in [0.717, 1.165) is 12.1 Å². The van der Waals surface area contributed by atoms with E-state index in [-0.39, 0.29) is 5.38 Å². The second-order valence-corrected chi connectivity index (χ2v) is 6.49. The minimum Gasteiger partial charge on any atom is -0.261 e. The first kappa shape index (κ1) is 12.2. The minimum absolute atomic E-state index is 0.0653. The first-order valence-corrected chi connectivity index (χ1v) is 7.73. The molecule has 1 aliphatic rings. The number of hydrogen-bond acceptors (Lipinski definition) is 2. The van der Waals surface area contributed by atoms with E-state index in [4.69, 9.17) is 11.6 Å². The van der Waals surface area contributed by atoms with Gasteiger partial charge in [-0.05, 0) is 49.4 Å². The molecule has 0 fully saturated rings. The molecule has 2 aromatic rings. The molecular formula is C15H16ClNS. The van der Waals surface area contributed by atoms with E-state index in [9.17, 15) is 0 Å². The van der Waals surface area contributed by atoms with Crippen molar-refractivity contribution in [3.8, 4) is 0 Å². The van der Waals surface area contributed by atoms with Crippen molar-refractivity contribution in [2.24, 2.45) is 0 Å². The van der Waals surface area contributed by atoms with E-state index < -0.39 is 0 Å². The number of thiophene rings is 1. The summed E-state index contributed by atoms with van der Waals surface area (Å²) < 4.78 is 0. The SMILES string of the molecule is ClC(Cc1ccccn1)c1cc2c(s1)CCCC2. The Morgan fingerprint density at radius 1 is 1.28 bits per heavy atom. The van der Waals surface area contributed by atoms with Gasteiger partial charge in [-0.15, -0.1) is 22.9 Å². The number of fused-ring (bicyclic) bond motifs is 1. The van der Waals surface area contributed by atoms with Crippen LogP contribution >= 0.6 is 22.9 Å². The molecule has 0 aromatic carbocycles. The Labute approximate surface area is 117 Å². The average Bonchev–Trinajstić information content (AvgIpc) is 2.84. The largest absolute Gasteiger partial charge is 0.261 e. The molecule has 1 nitrogen and oxygen atoms in total. The van der Waals surface area contributed by atoms with Crippen molar-refractivity contribution >= 4 is 22.9 Å². The number of hydrogen-bond donors (Lipinski definition) is 0. The Hall–Kier alpha value is -0.860. The molecule has 1 aliphatic carbocycles. The van der Waals surface area contributed by atoms with E-state index >= 15 is 0 Å². The predicted molar refractivity (Wildman–Crippen MR) is 77.5 cm³/mol. The van der Waals surface area contributed by atoms with Gasteiger partial charge in [-0.2, -0.15) is 0 Å². The van der Waals surface area contributed by atoms with Gasteiger partial charge >= 0.3 is 0 Å². The van der Waals surface area contributed by atoms with Crippen LogP contribution in [0, 0.1) is 0 Å². The van der Waals surface area contributed by atoms with E-state index in [2.05, 4.69) is 11.1 Å². The Morgan fingerprint density at radius 2 is 2.17 bits per heavy atom. The van der Waals surface area contributed by atoms with Gasteiger partial charge in [-0.1, -0.05) is 6.07 Å². The van der Waals surface area contributed by atoms with Gasteiger partial charge in [0.2, 0.25) is 0 Å². The highest BCUT2D eigenvalue weighted by Crippen LogP contribution is 2.36. The minimum atomic E-state index is 0.0653. The van der Waals surface area contributed by atoms with Crippen LogP contribution in [0.1, 0.15) is 39.2 Å². The van der Waals surface area contributed by atoms with E-state index in [1.165, 1.54) is 36.1 Å². The zero-order valence-corrected chi connectivity index (χ0v) is 11.8. The van der Waals surface area contributed by atoms with Crippen LogP contribution in [0.5, 0.6) is 0 Å². The van der Waals surface area contributed by atoms with Crippen LogP contribution in [0.3, 0.4) is 0 Å². The highest BCUT2D eigenvalue weighted by Gasteiger charge is 2.18. The van der Waals surface area contributed by atoms with Gasteiger partial charge in [-0.25, -0.2) is 0 Å². The molecule has 3 rings (SSSR count). The Bertz CT molecular complexity index is 497. The lowest BCUT2D eigenvalue weighted by molar-refractivity contribution is 0.697. The van der Waals surface area contributed by atoms with E-state index in [1.54, 1.807) is 4.88 Å². The number of pyridine rings is 1. The van der Waals surface area contributed by atoms with Crippen LogP contribution in [0.4, 0.5) is 0 Å². The lowest BCUT2D eigenvalue weighted by Crippen LogP contribution is -1.97. The number of rotatable bonds is 3. The first-order valence-electron chi connectivity index (χ1n) is 6.48. The molecule has 18 heavy (non-hydrogen) atoms. The summed E-state index contributed by atoms with van der Waals surface area (Å²) in [6, 6.07) is 8.32. The monoisotopic (exact) mass is 277 g/mol. The number of aromatic nitrogens is 1. The number of nitrogens with zero attached hydrogens (tertiary/aromatic N) is 1. The second kappa shape index (κ2) is 5.41. The predicted octanol–water partition coefficient (Wildman–Crippen LogP) is 4.54. The third-order valence-corrected chi connectivity index (χ3v) is 5.31. The molecule has 3 heteroatoms. The molecule has 0 N–H and O–H groups in total. The highest BCUT2D eigenvalue weighted by atomic mass is 35.5. The van der Waals surface area contributed by atoms with E-state index in [1.807, 2.05) is 35.7 Å². The maximum Gasteiger partial charge on any atom is 0.0734 e. The van der Waals surface area contributed by atoms with Crippen LogP contribution in [-0.4, -0.2) is 4.98 Å². The average molecular weight is 278 g/mol. The molecule has 0 saturated heterocycles. The molecule has 0 radical (unpaired) electrons. The summed E-state index contributed by atoms with van der Waals surface area (Å²) in [6.07, 6.45) is 7.79. The molecule has 0 spiro atoms. The lowest BCUT2D eigenvalue weighted by Gasteiger charge is -2.08. The zero-order valence-electron chi connectivity index (χ0n) is 10.2. The Kier molecular flexibility index (Phi) is 3.67. The van der Waals surface area contributed by atoms with Crippen LogP contribution in [0.15, 0.2) is 30.5 Å². The van der Waals surface area contributed by atoms with Gasteiger partial charge in [0.15, 0.2) is 0 Å². The summed E-state index contributed by atoms with van der Waals surface area (Å²) in [5.74, 6) is 0. The third kappa shape index (κ3) is 2.60. The summed E-state index contributed by atoms with van der Waals surface area (Å²) in [5.41, 5.74) is 2.61. The van der Waals surface area contributed by atoms with E-state index in [0.29, 0.717) is 0 Å². The normalized spacial score (nSPS) is 16.3. The fourth-order valence-electron chi connectivity index (χ4n) is 2.47. The zero-order chi connectivity index (χ0) is 12.4. The molecule has 2 aromatic heterocycles. The fraction of sp³-hybridized carbons (Fsp3) is 0.400. The van der Waals surface area contributed by atoms with Gasteiger partial charge in [-0.3, -0.25) is 4.98 Å². The number of alkyl halides is 1. The summed E-state index contributed by atoms with van der Waals surface area (Å²) >= 11 is 8.43. The van der Waals surface area contributed by atoms with Crippen molar-refractivity contribution in [2.75, 3.05) is 0 Å². The molecule has 0 bridgehead atoms. The first-order chi connectivity index (χ1) is 8.83. The Balaban J connectivity index is 1.76. The fourth-order valence-corrected chi connectivity index (χ4v) is 4.06. The molecule has 94 valence electrons. The summed E-state index contributed by atoms with van der Waals surface area (Å²) in [6.45, 7) is 0. The molecular weight excluding hydrogens is 262 g/mol. The maximum atomic E-state index is 6.53. The highest BCUT2D eigenvalue weighted by molar-refractivity contribution is 7.12. The topological polar surface area (TPSA) is 12.9 Å². The van der Waals surface area contributed by atoms with Gasteiger partial charge in [0.25, 0.3) is 0 Å². The molecule has 0 aliphatic heterocycles. The Morgan fingerprint density at radius 3 is 2.94 bits per heavy atom. The van der Waals surface area contributed by atoms with Gasteiger partial charge in [0, 0.05) is 28.1 Å². The summed E-state index contributed by atoms with van der Waals surface area (Å²) in [7, 11) is 0. The van der Waals surface area contributed by atoms with Crippen molar-refractivity contribution in [2.45, 2.75) is 37.5 Å². The van der Waals surface area contributed by atoms with Crippen molar-refractivity contribution < 1.29 is 0 Å². The number of halogens is 1. The van der Waals surface area contributed by atoms with Crippen LogP contribution < -0.4 is 0 Å². The number of aryl methyl sites for hydroxylation is 2. The molecule has 0 amide bonds. The van der Waals surface area contributed by atoms with Gasteiger partial charge < -0.3 is 0 Å². The van der Waals surface area contributed by atoms with Crippen LogP contribution in [-0.2, 0) is 19.3 Å². The van der Waals surface area contributed by atoms with Crippen molar-refractivity contribution in [1.82, 2.24) is 4.98 Å².